The van der Waals surface area contributed by atoms with Crippen LogP contribution in [0, 0.1) is 0 Å². The van der Waals surface area contributed by atoms with E-state index in [9.17, 15) is 0 Å². The van der Waals surface area contributed by atoms with Crippen LogP contribution < -0.4 is 0 Å². The van der Waals surface area contributed by atoms with Gasteiger partial charge in [0.25, 0.3) is 0 Å². The van der Waals surface area contributed by atoms with E-state index in [0.717, 1.165) is 27.9 Å². The molecular formula is C40H57Cl3N+. The third-order valence-electron chi connectivity index (χ3n) is 9.90. The predicted molar refractivity (Wildman–Crippen MR) is 196 cm³/mol. The van der Waals surface area contributed by atoms with Gasteiger partial charge in [0.05, 0.1) is 25.7 Å². The number of unbranched alkanes of at least 4 members (excludes halogenated alkanes) is 6. The third-order valence-corrected chi connectivity index (χ3v) is 10.7. The Balaban J connectivity index is 2.19. The van der Waals surface area contributed by atoms with Gasteiger partial charge in [-0.15, -0.1) is 0 Å². The molecule has 3 rings (SSSR count). The average Bonchev–Trinajstić information content (AvgIpc) is 3.04. The average molecular weight is 658 g/mol. The summed E-state index contributed by atoms with van der Waals surface area (Å²) < 4.78 is 1.28. The van der Waals surface area contributed by atoms with Crippen LogP contribution in [0.25, 0.3) is 0 Å². The highest BCUT2D eigenvalue weighted by Gasteiger charge is 2.41. The molecule has 1 unspecified atom stereocenters. The number of hydrogen-bond donors (Lipinski definition) is 0. The van der Waals surface area contributed by atoms with Crippen LogP contribution in [0.4, 0.5) is 0 Å². The van der Waals surface area contributed by atoms with Crippen LogP contribution in [-0.4, -0.2) is 30.2 Å². The minimum Gasteiger partial charge on any atom is -0.321 e. The second-order valence-electron chi connectivity index (χ2n) is 12.9. The van der Waals surface area contributed by atoms with Gasteiger partial charge in [0, 0.05) is 26.9 Å². The van der Waals surface area contributed by atoms with Crippen molar-refractivity contribution in [3.05, 3.63) is 105 Å². The van der Waals surface area contributed by atoms with E-state index in [2.05, 4.69) is 64.1 Å². The van der Waals surface area contributed by atoms with Gasteiger partial charge in [-0.05, 0) is 91.6 Å². The van der Waals surface area contributed by atoms with Crippen LogP contribution in [0.5, 0.6) is 0 Å². The number of benzene rings is 3. The molecule has 0 aromatic heterocycles. The Labute approximate surface area is 284 Å². The largest absolute Gasteiger partial charge is 0.321 e. The molecule has 0 saturated carbocycles. The molecule has 1 nitrogen and oxygen atoms in total. The number of quaternary nitrogens is 1. The highest BCUT2D eigenvalue weighted by atomic mass is 35.5. The van der Waals surface area contributed by atoms with Crippen molar-refractivity contribution in [1.82, 2.24) is 0 Å². The lowest BCUT2D eigenvalue weighted by Crippen LogP contribution is -2.57. The Hall–Kier alpha value is -1.51. The number of halogens is 3. The van der Waals surface area contributed by atoms with E-state index in [1.54, 1.807) is 0 Å². The van der Waals surface area contributed by atoms with Crippen LogP contribution in [0.1, 0.15) is 128 Å². The fourth-order valence-electron chi connectivity index (χ4n) is 7.32. The smallest absolute Gasteiger partial charge is 0.0890 e. The zero-order valence-corrected chi connectivity index (χ0v) is 30.2. The first kappa shape index (κ1) is 37.0. The molecule has 0 aliphatic carbocycles. The molecule has 0 heterocycles. The lowest BCUT2D eigenvalue weighted by molar-refractivity contribution is -0.952. The molecule has 0 saturated heterocycles. The maximum Gasteiger partial charge on any atom is 0.0890 e. The van der Waals surface area contributed by atoms with Crippen molar-refractivity contribution < 1.29 is 4.48 Å². The second-order valence-corrected chi connectivity index (χ2v) is 14.2. The summed E-state index contributed by atoms with van der Waals surface area (Å²) in [5.41, 5.74) is 3.46. The van der Waals surface area contributed by atoms with Crippen LogP contribution >= 0.6 is 34.8 Å². The normalized spacial score (nSPS) is 12.9. The van der Waals surface area contributed by atoms with Crippen molar-refractivity contribution in [3.8, 4) is 0 Å². The highest BCUT2D eigenvalue weighted by molar-refractivity contribution is 6.31. The van der Waals surface area contributed by atoms with Crippen LogP contribution in [0.2, 0.25) is 15.1 Å². The van der Waals surface area contributed by atoms with Gasteiger partial charge in [-0.1, -0.05) is 137 Å². The number of hydrogen-bond acceptors (Lipinski definition) is 0. The molecule has 3 aromatic carbocycles. The first-order chi connectivity index (χ1) is 21.3. The van der Waals surface area contributed by atoms with Crippen molar-refractivity contribution in [2.45, 2.75) is 123 Å². The standard InChI is InChI=1S/C40H57Cl3N/c1-5-9-13-14-15-39(44(30-10-6-2,31-11-7-3)32-12-8-4)28-29-40(33-16-22-36(41)23-17-33,34-18-24-37(42)25-19-34)35-20-26-38(43)27-21-35/h16-27,39H,5-15,28-32H2,1-4H3/q+1. The van der Waals surface area contributed by atoms with E-state index in [1.165, 1.54) is 111 Å². The van der Waals surface area contributed by atoms with Crippen molar-refractivity contribution in [1.29, 1.82) is 0 Å². The van der Waals surface area contributed by atoms with Gasteiger partial charge in [-0.3, -0.25) is 0 Å². The fourth-order valence-corrected chi connectivity index (χ4v) is 7.70. The lowest BCUT2D eigenvalue weighted by Gasteiger charge is -2.47. The van der Waals surface area contributed by atoms with E-state index in [-0.39, 0.29) is 5.41 Å². The molecule has 3 aromatic rings. The Kier molecular flexibility index (Phi) is 16.1. The van der Waals surface area contributed by atoms with Gasteiger partial charge < -0.3 is 4.48 Å². The minimum atomic E-state index is -0.350. The lowest BCUT2D eigenvalue weighted by atomic mass is 9.66. The van der Waals surface area contributed by atoms with Gasteiger partial charge in [-0.25, -0.2) is 0 Å². The van der Waals surface area contributed by atoms with Crippen LogP contribution in [0.15, 0.2) is 72.8 Å². The first-order valence-electron chi connectivity index (χ1n) is 17.5. The van der Waals surface area contributed by atoms with Gasteiger partial charge in [0.15, 0.2) is 0 Å². The number of rotatable bonds is 21. The van der Waals surface area contributed by atoms with Gasteiger partial charge in [-0.2, -0.15) is 0 Å². The predicted octanol–water partition coefficient (Wildman–Crippen LogP) is 13.3. The summed E-state index contributed by atoms with van der Waals surface area (Å²) in [4.78, 5) is 0. The molecule has 0 spiro atoms. The Morgan fingerprint density at radius 1 is 0.477 bits per heavy atom. The van der Waals surface area contributed by atoms with Crippen molar-refractivity contribution >= 4 is 34.8 Å². The zero-order chi connectivity index (χ0) is 31.8. The van der Waals surface area contributed by atoms with Gasteiger partial charge in [0.1, 0.15) is 0 Å². The van der Waals surface area contributed by atoms with Crippen LogP contribution in [0.3, 0.4) is 0 Å². The summed E-state index contributed by atoms with van der Waals surface area (Å²) in [7, 11) is 0. The molecule has 44 heavy (non-hydrogen) atoms. The van der Waals surface area contributed by atoms with Crippen molar-refractivity contribution in [2.75, 3.05) is 19.6 Å². The van der Waals surface area contributed by atoms with Crippen molar-refractivity contribution in [2.24, 2.45) is 0 Å². The molecule has 4 heteroatoms. The van der Waals surface area contributed by atoms with E-state index in [0.29, 0.717) is 6.04 Å². The summed E-state index contributed by atoms with van der Waals surface area (Å²) in [5.74, 6) is 0. The fraction of sp³-hybridized carbons (Fsp3) is 0.550. The third kappa shape index (κ3) is 9.99. The highest BCUT2D eigenvalue weighted by Crippen LogP contribution is 2.45. The first-order valence-corrected chi connectivity index (χ1v) is 18.6. The maximum absolute atomic E-state index is 6.47. The molecule has 0 bridgehead atoms. The van der Waals surface area contributed by atoms with E-state index < -0.39 is 0 Å². The molecular weight excluding hydrogens is 601 g/mol. The molecule has 242 valence electrons. The molecule has 0 N–H and O–H groups in total. The summed E-state index contributed by atoms with van der Waals surface area (Å²) in [5, 5.41) is 2.29. The summed E-state index contributed by atoms with van der Waals surface area (Å²) >= 11 is 19.4. The molecule has 0 fully saturated rings. The Morgan fingerprint density at radius 2 is 0.841 bits per heavy atom. The molecule has 0 aliphatic rings. The van der Waals surface area contributed by atoms with Gasteiger partial charge >= 0.3 is 0 Å². The molecule has 0 aliphatic heterocycles. The van der Waals surface area contributed by atoms with E-state index in [1.807, 2.05) is 36.4 Å². The number of nitrogens with zero attached hydrogens (tertiary/aromatic N) is 1. The Bertz CT molecular complexity index is 1050. The molecule has 0 amide bonds. The zero-order valence-electron chi connectivity index (χ0n) is 27.9. The maximum atomic E-state index is 6.47. The monoisotopic (exact) mass is 656 g/mol. The van der Waals surface area contributed by atoms with E-state index in [4.69, 9.17) is 34.8 Å². The van der Waals surface area contributed by atoms with E-state index >= 15 is 0 Å². The summed E-state index contributed by atoms with van der Waals surface area (Å²) in [6, 6.07) is 26.3. The Morgan fingerprint density at radius 3 is 1.18 bits per heavy atom. The topological polar surface area (TPSA) is 0 Å². The quantitative estimate of drug-likeness (QED) is 0.0607. The van der Waals surface area contributed by atoms with Crippen LogP contribution in [-0.2, 0) is 5.41 Å². The summed E-state index contributed by atoms with van der Waals surface area (Å²) in [6.45, 7) is 13.3. The molecule has 1 atom stereocenters. The van der Waals surface area contributed by atoms with Gasteiger partial charge in [0.2, 0.25) is 0 Å². The SMILES string of the molecule is CCCCCCC(CCC(c1ccc(Cl)cc1)(c1ccc(Cl)cc1)c1ccc(Cl)cc1)[N+](CCCC)(CCCC)CCCC. The summed E-state index contributed by atoms with van der Waals surface area (Å²) in [6.07, 6.45) is 16.4. The molecule has 0 radical (unpaired) electrons. The second kappa shape index (κ2) is 19.2. The van der Waals surface area contributed by atoms with Crippen molar-refractivity contribution in [3.63, 3.8) is 0 Å². The minimum absolute atomic E-state index is 0.350.